The molecule has 3 heteroatoms. The van der Waals surface area contributed by atoms with Crippen LogP contribution in [0.25, 0.3) is 0 Å². The van der Waals surface area contributed by atoms with Crippen molar-refractivity contribution in [1.82, 2.24) is 0 Å². The fraction of sp³-hybridized carbons (Fsp3) is 0.200. The predicted molar refractivity (Wildman–Crippen MR) is 50.8 cm³/mol. The highest BCUT2D eigenvalue weighted by Crippen LogP contribution is 2.30. The largest absolute Gasteiger partial charge is 0.289 e. The van der Waals surface area contributed by atoms with Crippen LogP contribution in [0.3, 0.4) is 0 Å². The van der Waals surface area contributed by atoms with Crippen LogP contribution in [0.15, 0.2) is 23.1 Å². The number of carbonyl (C=O) groups excluding carboxylic acids is 2. The number of Topliss-reactive ketones (excluding diaryl/α,β-unsaturated/α-hetero) is 1. The van der Waals surface area contributed by atoms with Gasteiger partial charge in [0.25, 0.3) is 5.12 Å². The highest BCUT2D eigenvalue weighted by molar-refractivity contribution is 8.15. The molecule has 0 N–H and O–H groups in total. The van der Waals surface area contributed by atoms with E-state index in [9.17, 15) is 9.59 Å². The van der Waals surface area contributed by atoms with Crippen molar-refractivity contribution in [2.75, 3.05) is 0 Å². The molecule has 0 unspecified atom stereocenters. The van der Waals surface area contributed by atoms with Crippen LogP contribution in [0.2, 0.25) is 0 Å². The number of thioether (sulfide) groups is 1. The first-order valence-electron chi connectivity index (χ1n) is 4.01. The molecule has 0 amide bonds. The number of hydrogen-bond donors (Lipinski definition) is 0. The van der Waals surface area contributed by atoms with Crippen molar-refractivity contribution in [3.05, 3.63) is 29.3 Å². The van der Waals surface area contributed by atoms with Crippen LogP contribution < -0.4 is 0 Å². The first-order chi connectivity index (χ1) is 6.16. The van der Waals surface area contributed by atoms with E-state index in [-0.39, 0.29) is 17.3 Å². The minimum atomic E-state index is -0.335. The van der Waals surface area contributed by atoms with Crippen molar-refractivity contribution in [3.8, 4) is 0 Å². The van der Waals surface area contributed by atoms with Gasteiger partial charge in [-0.15, -0.1) is 0 Å². The molecule has 1 aliphatic rings. The van der Waals surface area contributed by atoms with E-state index in [1.54, 1.807) is 0 Å². The topological polar surface area (TPSA) is 34.1 Å². The van der Waals surface area contributed by atoms with Crippen molar-refractivity contribution in [3.63, 3.8) is 0 Å². The first kappa shape index (κ1) is 8.51. The summed E-state index contributed by atoms with van der Waals surface area (Å²) in [4.78, 5) is 23.1. The van der Waals surface area contributed by atoms with Gasteiger partial charge in [0.2, 0.25) is 5.78 Å². The third kappa shape index (κ3) is 1.52. The van der Waals surface area contributed by atoms with E-state index in [0.29, 0.717) is 0 Å². The van der Waals surface area contributed by atoms with Crippen LogP contribution in [0, 0.1) is 6.92 Å². The van der Waals surface area contributed by atoms with Crippen molar-refractivity contribution < 1.29 is 9.59 Å². The van der Waals surface area contributed by atoms with E-state index in [1.165, 1.54) is 0 Å². The van der Waals surface area contributed by atoms with E-state index in [1.807, 2.05) is 25.1 Å². The lowest BCUT2D eigenvalue weighted by Gasteiger charge is -2.12. The Hall–Kier alpha value is -1.09. The third-order valence-corrected chi connectivity index (χ3v) is 3.02. The summed E-state index contributed by atoms with van der Waals surface area (Å²) in [6.45, 7) is 1.97. The molecule has 2 rings (SSSR count). The lowest BCUT2D eigenvalue weighted by Crippen LogP contribution is -2.18. The average molecular weight is 192 g/mol. The molecule has 1 heterocycles. The maximum absolute atomic E-state index is 11.1. The first-order valence-corrected chi connectivity index (χ1v) is 4.83. The SMILES string of the molecule is Cc1ccc2c(c1)SC(=O)C(=O)C2. The predicted octanol–water partition coefficient (Wildman–Crippen LogP) is 1.74. The van der Waals surface area contributed by atoms with Gasteiger partial charge in [0.05, 0.1) is 0 Å². The normalized spacial score (nSPS) is 15.8. The Bertz CT molecular complexity index is 396. The second-order valence-electron chi connectivity index (χ2n) is 3.10. The summed E-state index contributed by atoms with van der Waals surface area (Å²) in [5.74, 6) is -0.290. The van der Waals surface area contributed by atoms with Gasteiger partial charge < -0.3 is 0 Å². The number of rotatable bonds is 0. The van der Waals surface area contributed by atoms with E-state index in [0.717, 1.165) is 27.8 Å². The molecule has 0 saturated carbocycles. The van der Waals surface area contributed by atoms with Gasteiger partial charge in [-0.25, -0.2) is 0 Å². The van der Waals surface area contributed by atoms with Crippen molar-refractivity contribution >= 4 is 22.7 Å². The second-order valence-corrected chi connectivity index (χ2v) is 4.12. The van der Waals surface area contributed by atoms with Gasteiger partial charge in [0.15, 0.2) is 0 Å². The van der Waals surface area contributed by atoms with Crippen molar-refractivity contribution in [1.29, 1.82) is 0 Å². The molecule has 0 bridgehead atoms. The van der Waals surface area contributed by atoms with Gasteiger partial charge in [-0.2, -0.15) is 0 Å². The Morgan fingerprint density at radius 1 is 1.31 bits per heavy atom. The zero-order chi connectivity index (χ0) is 9.42. The van der Waals surface area contributed by atoms with Gasteiger partial charge in [0, 0.05) is 11.3 Å². The van der Waals surface area contributed by atoms with E-state index < -0.39 is 0 Å². The average Bonchev–Trinajstić information content (AvgIpc) is 2.08. The monoisotopic (exact) mass is 192 g/mol. The molecule has 66 valence electrons. The Morgan fingerprint density at radius 3 is 2.85 bits per heavy atom. The standard InChI is InChI=1S/C10H8O2S/c1-6-2-3-7-5-8(11)10(12)13-9(7)4-6/h2-4H,5H2,1H3. The second kappa shape index (κ2) is 3.00. The number of benzene rings is 1. The number of hydrogen-bond acceptors (Lipinski definition) is 3. The highest BCUT2D eigenvalue weighted by atomic mass is 32.2. The molecule has 1 aromatic rings. The van der Waals surface area contributed by atoms with Gasteiger partial charge in [-0.3, -0.25) is 9.59 Å². The molecule has 0 saturated heterocycles. The van der Waals surface area contributed by atoms with Crippen molar-refractivity contribution in [2.45, 2.75) is 18.2 Å². The molecule has 1 aromatic carbocycles. The molecular weight excluding hydrogens is 184 g/mol. The number of carbonyl (C=O) groups is 2. The smallest absolute Gasteiger partial charge is 0.260 e. The summed E-state index contributed by atoms with van der Waals surface area (Å²) in [6, 6.07) is 5.83. The molecule has 0 atom stereocenters. The van der Waals surface area contributed by atoms with Crippen LogP contribution in [-0.4, -0.2) is 10.9 Å². The summed E-state index contributed by atoms with van der Waals surface area (Å²) in [5, 5.41) is -0.335. The van der Waals surface area contributed by atoms with Crippen LogP contribution in [-0.2, 0) is 16.0 Å². The molecule has 0 spiro atoms. The van der Waals surface area contributed by atoms with E-state index in [2.05, 4.69) is 0 Å². The van der Waals surface area contributed by atoms with Crippen LogP contribution >= 0.6 is 11.8 Å². The van der Waals surface area contributed by atoms with Gasteiger partial charge in [0.1, 0.15) is 0 Å². The minimum Gasteiger partial charge on any atom is -0.289 e. The van der Waals surface area contributed by atoms with E-state index in [4.69, 9.17) is 0 Å². The molecule has 0 aromatic heterocycles. The van der Waals surface area contributed by atoms with Gasteiger partial charge in [-0.1, -0.05) is 12.1 Å². The zero-order valence-corrected chi connectivity index (χ0v) is 7.98. The molecule has 0 aliphatic carbocycles. The molecular formula is C10H8O2S. The van der Waals surface area contributed by atoms with Crippen LogP contribution in [0.4, 0.5) is 0 Å². The third-order valence-electron chi connectivity index (χ3n) is 2.00. The summed E-state index contributed by atoms with van der Waals surface area (Å²) in [7, 11) is 0. The van der Waals surface area contributed by atoms with Crippen LogP contribution in [0.1, 0.15) is 11.1 Å². The quantitative estimate of drug-likeness (QED) is 0.587. The maximum atomic E-state index is 11.1. The zero-order valence-electron chi connectivity index (χ0n) is 7.16. The highest BCUT2D eigenvalue weighted by Gasteiger charge is 2.24. The van der Waals surface area contributed by atoms with Gasteiger partial charge in [-0.05, 0) is 35.9 Å². The minimum absolute atomic E-state index is 0.265. The van der Waals surface area contributed by atoms with Crippen LogP contribution in [0.5, 0.6) is 0 Å². The lowest BCUT2D eigenvalue weighted by molar-refractivity contribution is -0.131. The summed E-state index contributed by atoms with van der Waals surface area (Å²) < 4.78 is 0. The fourth-order valence-electron chi connectivity index (χ4n) is 1.30. The molecule has 13 heavy (non-hydrogen) atoms. The molecule has 1 aliphatic heterocycles. The fourth-order valence-corrected chi connectivity index (χ4v) is 2.21. The summed E-state index contributed by atoms with van der Waals surface area (Å²) in [6.07, 6.45) is 0.265. The molecule has 0 radical (unpaired) electrons. The number of ketones is 1. The summed E-state index contributed by atoms with van der Waals surface area (Å²) >= 11 is 1.05. The number of fused-ring (bicyclic) bond motifs is 1. The van der Waals surface area contributed by atoms with E-state index >= 15 is 0 Å². The lowest BCUT2D eigenvalue weighted by atomic mass is 10.1. The Labute approximate surface area is 80.3 Å². The van der Waals surface area contributed by atoms with Gasteiger partial charge >= 0.3 is 0 Å². The van der Waals surface area contributed by atoms with Crippen molar-refractivity contribution in [2.24, 2.45) is 0 Å². The molecule has 2 nitrogen and oxygen atoms in total. The Kier molecular flexibility index (Phi) is 1.96. The Morgan fingerprint density at radius 2 is 2.08 bits per heavy atom. The molecule has 0 fully saturated rings. The summed E-state index contributed by atoms with van der Waals surface area (Å²) in [5.41, 5.74) is 2.09. The Balaban J connectivity index is 2.48. The maximum Gasteiger partial charge on any atom is 0.260 e. The number of aryl methyl sites for hydroxylation is 1.